The van der Waals surface area contributed by atoms with E-state index in [1.54, 1.807) is 0 Å². The molecule has 0 amide bonds. The first-order valence-corrected chi connectivity index (χ1v) is 4.73. The highest BCUT2D eigenvalue weighted by atomic mass is 15.2. The minimum absolute atomic E-state index is 0.870. The summed E-state index contributed by atoms with van der Waals surface area (Å²) < 4.78 is 0. The van der Waals surface area contributed by atoms with Crippen molar-refractivity contribution in [2.24, 2.45) is 0 Å². The van der Waals surface area contributed by atoms with E-state index in [2.05, 4.69) is 18.4 Å². The lowest BCUT2D eigenvalue weighted by Crippen LogP contribution is -2.29. The summed E-state index contributed by atoms with van der Waals surface area (Å²) >= 11 is 0. The molecule has 0 aliphatic carbocycles. The zero-order chi connectivity index (χ0) is 8.10. The molecule has 1 atom stereocenters. The van der Waals surface area contributed by atoms with E-state index in [9.17, 15) is 0 Å². The van der Waals surface area contributed by atoms with Crippen molar-refractivity contribution in [1.82, 2.24) is 4.90 Å². The molecule has 1 aliphatic rings. The molecule has 1 nitrogen and oxygen atoms in total. The fourth-order valence-electron chi connectivity index (χ4n) is 1.91. The molecule has 1 aliphatic heterocycles. The zero-order valence-electron chi connectivity index (χ0n) is 7.55. The van der Waals surface area contributed by atoms with Gasteiger partial charge >= 0.3 is 0 Å². The Kier molecular flexibility index (Phi) is 3.64. The van der Waals surface area contributed by atoms with Gasteiger partial charge in [-0.1, -0.05) is 13.0 Å². The van der Waals surface area contributed by atoms with Crippen LogP contribution in [0.3, 0.4) is 0 Å². The Hall–Kier alpha value is -0.300. The van der Waals surface area contributed by atoms with Gasteiger partial charge in [-0.2, -0.15) is 0 Å². The highest BCUT2D eigenvalue weighted by Crippen LogP contribution is 2.19. The summed E-state index contributed by atoms with van der Waals surface area (Å²) in [5, 5.41) is 0. The topological polar surface area (TPSA) is 3.24 Å². The number of hydrogen-bond donors (Lipinski definition) is 0. The molecule has 1 heterocycles. The zero-order valence-corrected chi connectivity index (χ0v) is 7.55. The van der Waals surface area contributed by atoms with Crippen molar-refractivity contribution in [2.45, 2.75) is 38.6 Å². The second kappa shape index (κ2) is 4.55. The molecule has 64 valence electrons. The maximum absolute atomic E-state index is 3.75. The predicted molar refractivity (Wildman–Crippen MR) is 49.7 cm³/mol. The van der Waals surface area contributed by atoms with Crippen molar-refractivity contribution in [3.05, 3.63) is 12.7 Å². The maximum Gasteiger partial charge on any atom is 0.00932 e. The molecular weight excluding hydrogens is 134 g/mol. The van der Waals surface area contributed by atoms with Gasteiger partial charge in [-0.25, -0.2) is 0 Å². The minimum Gasteiger partial charge on any atom is -0.300 e. The molecule has 0 aromatic heterocycles. The Balaban J connectivity index is 2.25. The van der Waals surface area contributed by atoms with E-state index in [0.717, 1.165) is 12.5 Å². The molecule has 11 heavy (non-hydrogen) atoms. The van der Waals surface area contributed by atoms with Crippen LogP contribution in [-0.2, 0) is 0 Å². The highest BCUT2D eigenvalue weighted by Gasteiger charge is 2.21. The van der Waals surface area contributed by atoms with Crippen LogP contribution in [0.1, 0.15) is 32.6 Å². The van der Waals surface area contributed by atoms with Gasteiger partial charge in [-0.15, -0.1) is 6.58 Å². The molecule has 0 radical (unpaired) electrons. The van der Waals surface area contributed by atoms with Crippen LogP contribution in [0.25, 0.3) is 0 Å². The first-order chi connectivity index (χ1) is 5.38. The standard InChI is InChI=1S/C10H19N/c1-3-5-8-11-9-6-7-10(11)4-2/h3,10H,1,4-9H2,2H3. The molecule has 0 N–H and O–H groups in total. The van der Waals surface area contributed by atoms with Crippen LogP contribution in [-0.4, -0.2) is 24.0 Å². The van der Waals surface area contributed by atoms with Gasteiger partial charge in [0.2, 0.25) is 0 Å². The van der Waals surface area contributed by atoms with E-state index in [1.165, 1.54) is 32.4 Å². The van der Waals surface area contributed by atoms with E-state index < -0.39 is 0 Å². The van der Waals surface area contributed by atoms with E-state index >= 15 is 0 Å². The van der Waals surface area contributed by atoms with Crippen LogP contribution in [0, 0.1) is 0 Å². The lowest BCUT2D eigenvalue weighted by atomic mass is 10.2. The number of likely N-dealkylation sites (tertiary alicyclic amines) is 1. The number of nitrogens with zero attached hydrogens (tertiary/aromatic N) is 1. The largest absolute Gasteiger partial charge is 0.300 e. The van der Waals surface area contributed by atoms with Gasteiger partial charge in [-0.3, -0.25) is 0 Å². The average Bonchev–Trinajstić information content (AvgIpc) is 2.47. The van der Waals surface area contributed by atoms with Gasteiger partial charge in [0.15, 0.2) is 0 Å². The van der Waals surface area contributed by atoms with Gasteiger partial charge in [0.1, 0.15) is 0 Å². The Morgan fingerprint density at radius 1 is 1.64 bits per heavy atom. The second-order valence-electron chi connectivity index (χ2n) is 3.32. The summed E-state index contributed by atoms with van der Waals surface area (Å²) in [6.07, 6.45) is 7.29. The maximum atomic E-state index is 3.75. The van der Waals surface area contributed by atoms with Gasteiger partial charge in [0.25, 0.3) is 0 Å². The molecule has 1 rings (SSSR count). The van der Waals surface area contributed by atoms with Crippen LogP contribution < -0.4 is 0 Å². The summed E-state index contributed by atoms with van der Waals surface area (Å²) in [5.74, 6) is 0. The smallest absolute Gasteiger partial charge is 0.00932 e. The molecule has 0 aromatic carbocycles. The molecule has 0 aromatic rings. The van der Waals surface area contributed by atoms with Crippen molar-refractivity contribution < 1.29 is 0 Å². The molecule has 1 fully saturated rings. The Morgan fingerprint density at radius 3 is 3.09 bits per heavy atom. The first-order valence-electron chi connectivity index (χ1n) is 4.73. The van der Waals surface area contributed by atoms with E-state index in [4.69, 9.17) is 0 Å². The summed E-state index contributed by atoms with van der Waals surface area (Å²) in [6, 6.07) is 0.870. The van der Waals surface area contributed by atoms with Crippen molar-refractivity contribution in [3.63, 3.8) is 0 Å². The van der Waals surface area contributed by atoms with Crippen molar-refractivity contribution in [3.8, 4) is 0 Å². The second-order valence-corrected chi connectivity index (χ2v) is 3.32. The Bertz CT molecular complexity index is 120. The summed E-state index contributed by atoms with van der Waals surface area (Å²) in [5.41, 5.74) is 0. The average molecular weight is 153 g/mol. The first kappa shape index (κ1) is 8.79. The fourth-order valence-corrected chi connectivity index (χ4v) is 1.91. The summed E-state index contributed by atoms with van der Waals surface area (Å²) in [7, 11) is 0. The van der Waals surface area contributed by atoms with Crippen LogP contribution in [0.2, 0.25) is 0 Å². The summed E-state index contributed by atoms with van der Waals surface area (Å²) in [4.78, 5) is 2.60. The number of rotatable bonds is 4. The van der Waals surface area contributed by atoms with Crippen LogP contribution >= 0.6 is 0 Å². The molecule has 1 unspecified atom stereocenters. The van der Waals surface area contributed by atoms with Crippen molar-refractivity contribution >= 4 is 0 Å². The van der Waals surface area contributed by atoms with Gasteiger partial charge in [0.05, 0.1) is 0 Å². The van der Waals surface area contributed by atoms with Gasteiger partial charge in [0, 0.05) is 12.6 Å². The SMILES string of the molecule is C=CCCN1CCCC1CC. The normalized spacial score (nSPS) is 25.7. The fraction of sp³-hybridized carbons (Fsp3) is 0.800. The van der Waals surface area contributed by atoms with Crippen LogP contribution in [0.15, 0.2) is 12.7 Å². The van der Waals surface area contributed by atoms with Crippen molar-refractivity contribution in [2.75, 3.05) is 13.1 Å². The molecule has 0 saturated carbocycles. The molecular formula is C10H19N. The third-order valence-electron chi connectivity index (χ3n) is 2.59. The van der Waals surface area contributed by atoms with Crippen LogP contribution in [0.5, 0.6) is 0 Å². The lowest BCUT2D eigenvalue weighted by Gasteiger charge is -2.22. The third-order valence-corrected chi connectivity index (χ3v) is 2.59. The van der Waals surface area contributed by atoms with E-state index in [-0.39, 0.29) is 0 Å². The Morgan fingerprint density at radius 2 is 2.45 bits per heavy atom. The Labute approximate surface area is 70.1 Å². The molecule has 1 heteroatoms. The predicted octanol–water partition coefficient (Wildman–Crippen LogP) is 2.44. The quantitative estimate of drug-likeness (QED) is 0.561. The van der Waals surface area contributed by atoms with Crippen LogP contribution in [0.4, 0.5) is 0 Å². The molecule has 0 spiro atoms. The van der Waals surface area contributed by atoms with E-state index in [1.807, 2.05) is 6.08 Å². The van der Waals surface area contributed by atoms with Crippen molar-refractivity contribution in [1.29, 1.82) is 0 Å². The highest BCUT2D eigenvalue weighted by molar-refractivity contribution is 4.80. The molecule has 1 saturated heterocycles. The van der Waals surface area contributed by atoms with Gasteiger partial charge in [-0.05, 0) is 32.2 Å². The summed E-state index contributed by atoms with van der Waals surface area (Å²) in [6.45, 7) is 8.57. The minimum atomic E-state index is 0.870. The monoisotopic (exact) mass is 153 g/mol. The third kappa shape index (κ3) is 2.33. The molecule has 0 bridgehead atoms. The number of hydrogen-bond acceptors (Lipinski definition) is 1. The lowest BCUT2D eigenvalue weighted by molar-refractivity contribution is 0.253. The van der Waals surface area contributed by atoms with E-state index in [0.29, 0.717) is 0 Å². The van der Waals surface area contributed by atoms with Gasteiger partial charge < -0.3 is 4.90 Å².